The molecular weight excluding hydrogens is 325 g/mol. The lowest BCUT2D eigenvalue weighted by molar-refractivity contribution is -0.176. The zero-order chi connectivity index (χ0) is 14.3. The van der Waals surface area contributed by atoms with Crippen LogP contribution in [-0.2, 0) is 11.2 Å². The first-order valence-corrected chi connectivity index (χ1v) is 6.90. The second kappa shape index (κ2) is 7.75. The van der Waals surface area contributed by atoms with Crippen LogP contribution in [-0.4, -0.2) is 31.8 Å². The highest BCUT2D eigenvalue weighted by Gasteiger charge is 2.27. The van der Waals surface area contributed by atoms with E-state index in [0.29, 0.717) is 11.8 Å². The van der Waals surface area contributed by atoms with Crippen molar-refractivity contribution in [1.82, 2.24) is 0 Å². The van der Waals surface area contributed by atoms with Gasteiger partial charge in [-0.1, -0.05) is 28.1 Å². The molecule has 1 aromatic rings. The molecule has 0 saturated heterocycles. The number of ether oxygens (including phenoxy) is 2. The summed E-state index contributed by atoms with van der Waals surface area (Å²) < 4.78 is 45.6. The predicted octanol–water partition coefficient (Wildman–Crippen LogP) is 3.83. The van der Waals surface area contributed by atoms with E-state index in [1.54, 1.807) is 7.11 Å². The van der Waals surface area contributed by atoms with Gasteiger partial charge >= 0.3 is 6.18 Å². The second-order valence-corrected chi connectivity index (χ2v) is 4.85. The molecule has 0 radical (unpaired) electrons. The van der Waals surface area contributed by atoms with Gasteiger partial charge in [-0.15, -0.1) is 0 Å². The van der Waals surface area contributed by atoms with Crippen molar-refractivity contribution >= 4 is 15.9 Å². The molecular formula is C13H16BrF3O2. The lowest BCUT2D eigenvalue weighted by atomic mass is 10.0. The lowest BCUT2D eigenvalue weighted by Gasteiger charge is -2.15. The van der Waals surface area contributed by atoms with Crippen molar-refractivity contribution in [2.45, 2.75) is 12.6 Å². The highest BCUT2D eigenvalue weighted by Crippen LogP contribution is 2.18. The van der Waals surface area contributed by atoms with Crippen LogP contribution in [0.3, 0.4) is 0 Å². The fourth-order valence-electron chi connectivity index (χ4n) is 1.59. The summed E-state index contributed by atoms with van der Waals surface area (Å²) in [5.41, 5.74) is 1.04. The van der Waals surface area contributed by atoms with Crippen molar-refractivity contribution in [2.75, 3.05) is 25.7 Å². The Balaban J connectivity index is 2.42. The molecule has 19 heavy (non-hydrogen) atoms. The molecule has 0 bridgehead atoms. The van der Waals surface area contributed by atoms with Crippen molar-refractivity contribution in [3.05, 3.63) is 29.8 Å². The van der Waals surface area contributed by atoms with Gasteiger partial charge in [-0.25, -0.2) is 0 Å². The average Bonchev–Trinajstić information content (AvgIpc) is 2.37. The zero-order valence-electron chi connectivity index (χ0n) is 10.5. The molecule has 0 aliphatic rings. The van der Waals surface area contributed by atoms with Crippen molar-refractivity contribution < 1.29 is 22.6 Å². The Morgan fingerprint density at radius 2 is 1.84 bits per heavy atom. The second-order valence-electron chi connectivity index (χ2n) is 4.20. The maximum Gasteiger partial charge on any atom is 0.411 e. The minimum Gasteiger partial charge on any atom is -0.497 e. The van der Waals surface area contributed by atoms with Gasteiger partial charge in [0.05, 0.1) is 13.7 Å². The van der Waals surface area contributed by atoms with Gasteiger partial charge in [-0.3, -0.25) is 0 Å². The molecule has 0 aliphatic heterocycles. The third-order valence-corrected chi connectivity index (χ3v) is 3.44. The minimum atomic E-state index is -4.27. The highest BCUT2D eigenvalue weighted by atomic mass is 79.9. The van der Waals surface area contributed by atoms with Crippen LogP contribution in [0.15, 0.2) is 24.3 Å². The maximum absolute atomic E-state index is 12.0. The van der Waals surface area contributed by atoms with E-state index in [2.05, 4.69) is 20.7 Å². The molecule has 1 aromatic carbocycles. The van der Waals surface area contributed by atoms with Gasteiger partial charge in [-0.05, 0) is 30.0 Å². The van der Waals surface area contributed by atoms with Crippen LogP contribution in [0.25, 0.3) is 0 Å². The van der Waals surface area contributed by atoms with E-state index in [4.69, 9.17) is 4.74 Å². The Hall–Kier alpha value is -0.750. The van der Waals surface area contributed by atoms with Crippen molar-refractivity contribution in [3.63, 3.8) is 0 Å². The van der Waals surface area contributed by atoms with Crippen molar-refractivity contribution in [2.24, 2.45) is 5.92 Å². The summed E-state index contributed by atoms with van der Waals surface area (Å²) in [6, 6.07) is 7.46. The molecule has 0 fully saturated rings. The van der Waals surface area contributed by atoms with E-state index in [0.717, 1.165) is 11.3 Å². The molecule has 0 heterocycles. The van der Waals surface area contributed by atoms with Crippen LogP contribution in [0.2, 0.25) is 0 Å². The molecule has 0 saturated carbocycles. The van der Waals surface area contributed by atoms with Crippen LogP contribution in [0.1, 0.15) is 5.56 Å². The Kier molecular flexibility index (Phi) is 6.65. The summed E-state index contributed by atoms with van der Waals surface area (Å²) in [7, 11) is 1.58. The van der Waals surface area contributed by atoms with Crippen LogP contribution >= 0.6 is 15.9 Å². The molecule has 0 aliphatic carbocycles. The number of rotatable bonds is 7. The van der Waals surface area contributed by atoms with Crippen molar-refractivity contribution in [1.29, 1.82) is 0 Å². The molecule has 2 nitrogen and oxygen atoms in total. The first-order chi connectivity index (χ1) is 8.94. The molecule has 0 amide bonds. The third-order valence-electron chi connectivity index (χ3n) is 2.52. The van der Waals surface area contributed by atoms with Crippen LogP contribution in [0.5, 0.6) is 5.75 Å². The Morgan fingerprint density at radius 3 is 2.32 bits per heavy atom. The van der Waals surface area contributed by atoms with Crippen molar-refractivity contribution in [3.8, 4) is 5.75 Å². The number of methoxy groups -OCH3 is 1. The summed E-state index contributed by atoms with van der Waals surface area (Å²) >= 11 is 3.30. The Labute approximate surface area is 119 Å². The quantitative estimate of drug-likeness (QED) is 0.702. The Morgan fingerprint density at radius 1 is 1.21 bits per heavy atom. The van der Waals surface area contributed by atoms with E-state index < -0.39 is 12.8 Å². The van der Waals surface area contributed by atoms with E-state index in [-0.39, 0.29) is 12.5 Å². The highest BCUT2D eigenvalue weighted by molar-refractivity contribution is 9.09. The van der Waals surface area contributed by atoms with Crippen LogP contribution in [0, 0.1) is 5.92 Å². The fraction of sp³-hybridized carbons (Fsp3) is 0.538. The van der Waals surface area contributed by atoms with E-state index in [1.807, 2.05) is 24.3 Å². The van der Waals surface area contributed by atoms with Gasteiger partial charge < -0.3 is 9.47 Å². The molecule has 1 atom stereocenters. The minimum absolute atomic E-state index is 0.00995. The largest absolute Gasteiger partial charge is 0.497 e. The number of alkyl halides is 4. The molecule has 0 spiro atoms. The van der Waals surface area contributed by atoms with Gasteiger partial charge in [0.15, 0.2) is 0 Å². The fourth-order valence-corrected chi connectivity index (χ4v) is 2.01. The van der Waals surface area contributed by atoms with Gasteiger partial charge in [0.2, 0.25) is 0 Å². The predicted molar refractivity (Wildman–Crippen MR) is 70.9 cm³/mol. The van der Waals surface area contributed by atoms with Gasteiger partial charge in [-0.2, -0.15) is 13.2 Å². The lowest BCUT2D eigenvalue weighted by Crippen LogP contribution is -2.22. The maximum atomic E-state index is 12.0. The van der Waals surface area contributed by atoms with E-state index >= 15 is 0 Å². The monoisotopic (exact) mass is 340 g/mol. The number of benzene rings is 1. The summed E-state index contributed by atoms with van der Waals surface area (Å²) in [4.78, 5) is 0. The normalized spacial score (nSPS) is 13.3. The first-order valence-electron chi connectivity index (χ1n) is 5.78. The molecule has 1 rings (SSSR count). The SMILES string of the molecule is COc1ccc(CC(CBr)COCC(F)(F)F)cc1. The molecule has 1 unspecified atom stereocenters. The topological polar surface area (TPSA) is 18.5 Å². The molecule has 108 valence electrons. The number of halogens is 4. The summed E-state index contributed by atoms with van der Waals surface area (Å²) in [5, 5.41) is 0.594. The average molecular weight is 341 g/mol. The Bertz CT molecular complexity index is 365. The zero-order valence-corrected chi connectivity index (χ0v) is 12.1. The summed E-state index contributed by atoms with van der Waals surface area (Å²) in [6.45, 7) is -1.12. The summed E-state index contributed by atoms with van der Waals surface area (Å²) in [5.74, 6) is 0.767. The first kappa shape index (κ1) is 16.3. The molecule has 6 heteroatoms. The van der Waals surface area contributed by atoms with Gasteiger partial charge in [0.1, 0.15) is 12.4 Å². The third kappa shape index (κ3) is 6.82. The van der Waals surface area contributed by atoms with E-state index in [1.165, 1.54) is 0 Å². The number of hydrogen-bond acceptors (Lipinski definition) is 2. The standard InChI is InChI=1S/C13H16BrF3O2/c1-18-12-4-2-10(3-5-12)6-11(7-14)8-19-9-13(15,16)17/h2-5,11H,6-9H2,1H3. The smallest absolute Gasteiger partial charge is 0.411 e. The summed E-state index contributed by atoms with van der Waals surface area (Å²) in [6.07, 6.45) is -3.61. The van der Waals surface area contributed by atoms with Crippen LogP contribution in [0.4, 0.5) is 13.2 Å². The van der Waals surface area contributed by atoms with Gasteiger partial charge in [0, 0.05) is 5.33 Å². The molecule has 0 N–H and O–H groups in total. The number of hydrogen-bond donors (Lipinski definition) is 0. The van der Waals surface area contributed by atoms with E-state index in [9.17, 15) is 13.2 Å². The molecule has 0 aromatic heterocycles. The van der Waals surface area contributed by atoms with Crippen LogP contribution < -0.4 is 4.74 Å². The van der Waals surface area contributed by atoms with Gasteiger partial charge in [0.25, 0.3) is 0 Å².